The fourth-order valence-electron chi connectivity index (χ4n) is 2.50. The maximum atomic E-state index is 13.7. The van der Waals surface area contributed by atoms with Crippen molar-refractivity contribution in [1.82, 2.24) is 9.97 Å². The summed E-state index contributed by atoms with van der Waals surface area (Å²) in [4.78, 5) is 8.14. The highest BCUT2D eigenvalue weighted by atomic mass is 19.2. The first-order valence-corrected chi connectivity index (χ1v) is 8.18. The van der Waals surface area contributed by atoms with Gasteiger partial charge in [0, 0.05) is 12.7 Å². The molecule has 0 amide bonds. The molecule has 0 bridgehead atoms. The van der Waals surface area contributed by atoms with Gasteiger partial charge in [-0.3, -0.25) is 0 Å². The van der Waals surface area contributed by atoms with Gasteiger partial charge in [0.15, 0.2) is 17.5 Å². The van der Waals surface area contributed by atoms with Crippen molar-refractivity contribution in [3.05, 3.63) is 71.7 Å². The van der Waals surface area contributed by atoms with E-state index in [1.807, 2.05) is 24.3 Å². The Labute approximate surface area is 154 Å². The van der Waals surface area contributed by atoms with Crippen LogP contribution in [-0.4, -0.2) is 23.6 Å². The number of hydrogen-bond donors (Lipinski definition) is 2. The Morgan fingerprint density at radius 3 is 2.63 bits per heavy atom. The Hall–Kier alpha value is -3.29. The summed E-state index contributed by atoms with van der Waals surface area (Å²) in [6.45, 7) is 0.580. The normalized spacial score (nSPS) is 10.5. The predicted octanol–water partition coefficient (Wildman–Crippen LogP) is 4.30. The zero-order valence-electron chi connectivity index (χ0n) is 14.5. The summed E-state index contributed by atoms with van der Waals surface area (Å²) in [5.41, 5.74) is 0.795. The Morgan fingerprint density at radius 2 is 1.81 bits per heavy atom. The fourth-order valence-corrected chi connectivity index (χ4v) is 2.50. The van der Waals surface area contributed by atoms with Gasteiger partial charge in [-0.25, -0.2) is 18.2 Å². The van der Waals surface area contributed by atoms with Gasteiger partial charge in [0.1, 0.15) is 11.6 Å². The monoisotopic (exact) mass is 374 g/mol. The van der Waals surface area contributed by atoms with Crippen LogP contribution in [0.2, 0.25) is 0 Å². The molecule has 1 aromatic heterocycles. The van der Waals surface area contributed by atoms with Gasteiger partial charge in [0.2, 0.25) is 5.95 Å². The second kappa shape index (κ2) is 8.39. The zero-order valence-corrected chi connectivity index (χ0v) is 14.5. The summed E-state index contributed by atoms with van der Waals surface area (Å²) in [6, 6.07) is 11.2. The number of nitrogens with zero attached hydrogens (tertiary/aromatic N) is 2. The number of ether oxygens (including phenoxy) is 1. The lowest BCUT2D eigenvalue weighted by Gasteiger charge is -2.11. The van der Waals surface area contributed by atoms with Gasteiger partial charge >= 0.3 is 0 Å². The molecule has 140 valence electrons. The van der Waals surface area contributed by atoms with Gasteiger partial charge in [-0.05, 0) is 36.2 Å². The van der Waals surface area contributed by atoms with Gasteiger partial charge in [-0.15, -0.1) is 0 Å². The van der Waals surface area contributed by atoms with Crippen LogP contribution >= 0.6 is 0 Å². The quantitative estimate of drug-likeness (QED) is 0.604. The molecule has 0 saturated heterocycles. The summed E-state index contributed by atoms with van der Waals surface area (Å²) in [5.74, 6) is -2.77. The van der Waals surface area contributed by atoms with E-state index in [2.05, 4.69) is 20.6 Å². The average Bonchev–Trinajstić information content (AvgIpc) is 2.69. The molecule has 1 heterocycles. The first-order valence-electron chi connectivity index (χ1n) is 8.18. The second-order valence-corrected chi connectivity index (χ2v) is 5.60. The summed E-state index contributed by atoms with van der Waals surface area (Å²) in [7, 11) is 1.62. The number of hydrogen-bond acceptors (Lipinski definition) is 5. The van der Waals surface area contributed by atoms with Crippen LogP contribution in [0.3, 0.4) is 0 Å². The summed E-state index contributed by atoms with van der Waals surface area (Å²) in [5, 5.41) is 5.67. The number of anilines is 3. The van der Waals surface area contributed by atoms with Crippen molar-refractivity contribution in [2.75, 3.05) is 24.3 Å². The number of nitrogens with one attached hydrogen (secondary N) is 2. The van der Waals surface area contributed by atoms with E-state index in [9.17, 15) is 13.2 Å². The first kappa shape index (κ1) is 18.5. The Balaban J connectivity index is 1.65. The molecule has 0 aliphatic rings. The van der Waals surface area contributed by atoms with Crippen molar-refractivity contribution in [3.8, 4) is 5.75 Å². The lowest BCUT2D eigenvalue weighted by molar-refractivity contribution is 0.410. The number of benzene rings is 2. The van der Waals surface area contributed by atoms with Gasteiger partial charge < -0.3 is 15.4 Å². The Bertz CT molecular complexity index is 937. The van der Waals surface area contributed by atoms with Crippen LogP contribution in [0.5, 0.6) is 5.75 Å². The fraction of sp³-hybridized carbons (Fsp3) is 0.158. The van der Waals surface area contributed by atoms with E-state index in [-0.39, 0.29) is 11.6 Å². The molecule has 0 atom stereocenters. The first-order chi connectivity index (χ1) is 13.1. The SMILES string of the molecule is COc1ccccc1CCNc1ccnc(Nc2ccc(F)c(F)c2F)n1. The van der Waals surface area contributed by atoms with E-state index in [4.69, 9.17) is 4.74 Å². The molecule has 0 aliphatic heterocycles. The molecule has 0 spiro atoms. The average molecular weight is 374 g/mol. The molecule has 3 rings (SSSR count). The van der Waals surface area contributed by atoms with E-state index in [1.165, 1.54) is 6.20 Å². The van der Waals surface area contributed by atoms with Gasteiger partial charge in [0.25, 0.3) is 0 Å². The van der Waals surface area contributed by atoms with Crippen LogP contribution in [0.25, 0.3) is 0 Å². The number of methoxy groups -OCH3 is 1. The number of rotatable bonds is 7. The molecule has 0 unspecified atom stereocenters. The summed E-state index contributed by atoms with van der Waals surface area (Å²) in [6.07, 6.45) is 2.17. The van der Waals surface area contributed by atoms with Crippen molar-refractivity contribution in [3.63, 3.8) is 0 Å². The minimum Gasteiger partial charge on any atom is -0.496 e. The van der Waals surface area contributed by atoms with Crippen LogP contribution in [0.4, 0.5) is 30.6 Å². The maximum absolute atomic E-state index is 13.7. The second-order valence-electron chi connectivity index (χ2n) is 5.60. The molecular formula is C19H17F3N4O. The van der Waals surface area contributed by atoms with Crippen molar-refractivity contribution in [1.29, 1.82) is 0 Å². The topological polar surface area (TPSA) is 59.1 Å². The summed E-state index contributed by atoms with van der Waals surface area (Å²) >= 11 is 0. The molecule has 0 radical (unpaired) electrons. The number of halogens is 3. The van der Waals surface area contributed by atoms with E-state index < -0.39 is 17.5 Å². The Kier molecular flexibility index (Phi) is 5.75. The smallest absolute Gasteiger partial charge is 0.229 e. The minimum absolute atomic E-state index is 0.0576. The third-order valence-electron chi connectivity index (χ3n) is 3.83. The van der Waals surface area contributed by atoms with Crippen molar-refractivity contribution >= 4 is 17.5 Å². The lowest BCUT2D eigenvalue weighted by Crippen LogP contribution is -2.09. The zero-order chi connectivity index (χ0) is 19.2. The van der Waals surface area contributed by atoms with Crippen LogP contribution < -0.4 is 15.4 Å². The highest BCUT2D eigenvalue weighted by Gasteiger charge is 2.14. The van der Waals surface area contributed by atoms with E-state index in [0.717, 1.165) is 23.4 Å². The molecule has 0 fully saturated rings. The summed E-state index contributed by atoms with van der Waals surface area (Å²) < 4.78 is 45.4. The van der Waals surface area contributed by atoms with Gasteiger partial charge in [0.05, 0.1) is 12.8 Å². The molecule has 2 N–H and O–H groups in total. The number of aromatic nitrogens is 2. The lowest BCUT2D eigenvalue weighted by atomic mass is 10.1. The third-order valence-corrected chi connectivity index (χ3v) is 3.83. The molecule has 0 saturated carbocycles. The third kappa shape index (κ3) is 4.46. The highest BCUT2D eigenvalue weighted by molar-refractivity contribution is 5.55. The van der Waals surface area contributed by atoms with Crippen LogP contribution in [0, 0.1) is 17.5 Å². The largest absolute Gasteiger partial charge is 0.496 e. The van der Waals surface area contributed by atoms with E-state index >= 15 is 0 Å². The van der Waals surface area contributed by atoms with Crippen LogP contribution in [0.1, 0.15) is 5.56 Å². The van der Waals surface area contributed by atoms with Crippen molar-refractivity contribution in [2.45, 2.75) is 6.42 Å². The van der Waals surface area contributed by atoms with E-state index in [0.29, 0.717) is 18.8 Å². The van der Waals surface area contributed by atoms with Gasteiger partial charge in [-0.1, -0.05) is 18.2 Å². The molecular weight excluding hydrogens is 357 g/mol. The Morgan fingerprint density at radius 1 is 1.00 bits per heavy atom. The predicted molar refractivity (Wildman–Crippen MR) is 96.8 cm³/mol. The molecule has 5 nitrogen and oxygen atoms in total. The molecule has 2 aromatic carbocycles. The molecule has 8 heteroatoms. The molecule has 27 heavy (non-hydrogen) atoms. The van der Waals surface area contributed by atoms with Crippen molar-refractivity contribution < 1.29 is 17.9 Å². The maximum Gasteiger partial charge on any atom is 0.229 e. The van der Waals surface area contributed by atoms with E-state index in [1.54, 1.807) is 13.2 Å². The standard InChI is InChI=1S/C19H17F3N4O/c1-27-15-5-3-2-4-12(15)8-10-23-16-9-11-24-19(26-16)25-14-7-6-13(20)17(21)18(14)22/h2-7,9,11H,8,10H2,1H3,(H2,23,24,25,26). The molecule has 3 aromatic rings. The van der Waals surface area contributed by atoms with Crippen molar-refractivity contribution in [2.24, 2.45) is 0 Å². The van der Waals surface area contributed by atoms with Crippen LogP contribution in [0.15, 0.2) is 48.7 Å². The highest BCUT2D eigenvalue weighted by Crippen LogP contribution is 2.22. The van der Waals surface area contributed by atoms with Gasteiger partial charge in [-0.2, -0.15) is 4.98 Å². The minimum atomic E-state index is -1.55. The van der Waals surface area contributed by atoms with Crippen LogP contribution in [-0.2, 0) is 6.42 Å². The number of para-hydroxylation sites is 1. The molecule has 0 aliphatic carbocycles.